The lowest BCUT2D eigenvalue weighted by Crippen LogP contribution is -2.23. The van der Waals surface area contributed by atoms with Gasteiger partial charge < -0.3 is 9.84 Å². The molecular formula is C12H13FN2O3. The molecule has 0 spiro atoms. The molecule has 0 aliphatic carbocycles. The van der Waals surface area contributed by atoms with E-state index in [1.807, 2.05) is 0 Å². The first-order valence-electron chi connectivity index (χ1n) is 5.55. The van der Waals surface area contributed by atoms with Gasteiger partial charge in [0.15, 0.2) is 0 Å². The maximum atomic E-state index is 13.0. The molecule has 0 unspecified atom stereocenters. The minimum Gasteiger partial charge on any atom is -0.394 e. The molecule has 0 saturated carbocycles. The number of rotatable bonds is 5. The van der Waals surface area contributed by atoms with Gasteiger partial charge in [0, 0.05) is 6.07 Å². The Morgan fingerprint density at radius 2 is 2.22 bits per heavy atom. The molecule has 2 aromatic rings. The molecule has 0 aliphatic rings. The molecular weight excluding hydrogens is 239 g/mol. The van der Waals surface area contributed by atoms with Crippen LogP contribution in [0.5, 0.6) is 0 Å². The van der Waals surface area contributed by atoms with Gasteiger partial charge in [0.2, 0.25) is 0 Å². The summed E-state index contributed by atoms with van der Waals surface area (Å²) in [6.07, 6.45) is 1.37. The average molecular weight is 252 g/mol. The number of hydrogen-bond acceptors (Lipinski definition) is 4. The second-order valence-corrected chi connectivity index (χ2v) is 3.74. The van der Waals surface area contributed by atoms with E-state index in [-0.39, 0.29) is 18.8 Å². The minimum atomic E-state index is -0.418. The number of hydrogen-bond donors (Lipinski definition) is 1. The molecule has 0 radical (unpaired) electrons. The molecule has 6 heteroatoms. The topological polar surface area (TPSA) is 64.4 Å². The Hall–Kier alpha value is -1.79. The molecule has 18 heavy (non-hydrogen) atoms. The third-order valence-corrected chi connectivity index (χ3v) is 2.50. The summed E-state index contributed by atoms with van der Waals surface area (Å²) in [5.41, 5.74) is 0.111. The number of aromatic nitrogens is 2. The summed E-state index contributed by atoms with van der Waals surface area (Å²) < 4.78 is 19.4. The van der Waals surface area contributed by atoms with Crippen LogP contribution < -0.4 is 5.56 Å². The number of aliphatic hydroxyl groups excluding tert-OH is 1. The van der Waals surface area contributed by atoms with Crippen LogP contribution in [0.25, 0.3) is 10.9 Å². The second kappa shape index (κ2) is 5.70. The lowest BCUT2D eigenvalue weighted by molar-refractivity contribution is 0.0865. The fraction of sp³-hybridized carbons (Fsp3) is 0.333. The summed E-state index contributed by atoms with van der Waals surface area (Å²) in [6, 6.07) is 3.88. The highest BCUT2D eigenvalue weighted by molar-refractivity contribution is 5.77. The molecule has 0 aliphatic heterocycles. The van der Waals surface area contributed by atoms with Crippen molar-refractivity contribution in [1.82, 2.24) is 9.55 Å². The highest BCUT2D eigenvalue weighted by Crippen LogP contribution is 2.08. The highest BCUT2D eigenvalue weighted by Gasteiger charge is 2.04. The van der Waals surface area contributed by atoms with Crippen molar-refractivity contribution in [3.63, 3.8) is 0 Å². The van der Waals surface area contributed by atoms with Gasteiger partial charge in [-0.15, -0.1) is 0 Å². The molecule has 5 nitrogen and oxygen atoms in total. The molecule has 1 N–H and O–H groups in total. The molecule has 0 bridgehead atoms. The first-order valence-corrected chi connectivity index (χ1v) is 5.55. The SMILES string of the molecule is O=c1c2ccc(F)cc2ncn1CCOCCO. The van der Waals surface area contributed by atoms with Gasteiger partial charge in [-0.25, -0.2) is 9.37 Å². The molecule has 1 aromatic carbocycles. The van der Waals surface area contributed by atoms with Gasteiger partial charge in [-0.3, -0.25) is 9.36 Å². The van der Waals surface area contributed by atoms with Crippen molar-refractivity contribution in [3.05, 3.63) is 40.7 Å². The Kier molecular flexibility index (Phi) is 4.01. The zero-order valence-electron chi connectivity index (χ0n) is 9.67. The summed E-state index contributed by atoms with van der Waals surface area (Å²) in [4.78, 5) is 16.0. The molecule has 0 amide bonds. The average Bonchev–Trinajstić information content (AvgIpc) is 2.37. The Labute approximate surface area is 102 Å². The second-order valence-electron chi connectivity index (χ2n) is 3.74. The van der Waals surface area contributed by atoms with Crippen LogP contribution in [-0.4, -0.2) is 34.5 Å². The molecule has 96 valence electrons. The molecule has 0 saturated heterocycles. The van der Waals surface area contributed by atoms with Crippen molar-refractivity contribution in [2.75, 3.05) is 19.8 Å². The van der Waals surface area contributed by atoms with E-state index in [4.69, 9.17) is 9.84 Å². The first-order chi connectivity index (χ1) is 8.72. The highest BCUT2D eigenvalue weighted by atomic mass is 19.1. The number of halogens is 1. The molecule has 2 rings (SSSR count). The van der Waals surface area contributed by atoms with Gasteiger partial charge in [0.05, 0.1) is 43.6 Å². The zero-order valence-corrected chi connectivity index (χ0v) is 9.67. The third-order valence-electron chi connectivity index (χ3n) is 2.50. The maximum Gasteiger partial charge on any atom is 0.261 e. The number of ether oxygens (including phenoxy) is 1. The monoisotopic (exact) mass is 252 g/mol. The number of fused-ring (bicyclic) bond motifs is 1. The minimum absolute atomic E-state index is 0.0514. The van der Waals surface area contributed by atoms with E-state index in [0.717, 1.165) is 0 Å². The van der Waals surface area contributed by atoms with Gasteiger partial charge in [-0.2, -0.15) is 0 Å². The number of nitrogens with zero attached hydrogens (tertiary/aromatic N) is 2. The van der Waals surface area contributed by atoms with Crippen molar-refractivity contribution >= 4 is 10.9 Å². The van der Waals surface area contributed by atoms with Crippen LogP contribution in [-0.2, 0) is 11.3 Å². The Balaban J connectivity index is 2.23. The normalized spacial score (nSPS) is 11.0. The van der Waals surface area contributed by atoms with Gasteiger partial charge in [-0.1, -0.05) is 0 Å². The van der Waals surface area contributed by atoms with Gasteiger partial charge >= 0.3 is 0 Å². The number of benzene rings is 1. The van der Waals surface area contributed by atoms with Crippen LogP contribution in [0, 0.1) is 5.82 Å². The summed E-state index contributed by atoms with van der Waals surface area (Å²) in [5, 5.41) is 8.92. The van der Waals surface area contributed by atoms with E-state index in [2.05, 4.69) is 4.98 Å². The van der Waals surface area contributed by atoms with E-state index >= 15 is 0 Å². The van der Waals surface area contributed by atoms with Crippen LogP contribution in [0.3, 0.4) is 0 Å². The molecule has 0 fully saturated rings. The van der Waals surface area contributed by atoms with E-state index in [0.29, 0.717) is 24.1 Å². The van der Waals surface area contributed by atoms with E-state index in [9.17, 15) is 9.18 Å². The van der Waals surface area contributed by atoms with Crippen LogP contribution in [0.4, 0.5) is 4.39 Å². The van der Waals surface area contributed by atoms with Crippen LogP contribution in [0.2, 0.25) is 0 Å². The summed E-state index contributed by atoms with van der Waals surface area (Å²) in [7, 11) is 0. The maximum absolute atomic E-state index is 13.0. The smallest absolute Gasteiger partial charge is 0.261 e. The van der Waals surface area contributed by atoms with Crippen LogP contribution >= 0.6 is 0 Å². The largest absolute Gasteiger partial charge is 0.394 e. The fourth-order valence-electron chi connectivity index (χ4n) is 1.62. The van der Waals surface area contributed by atoms with Crippen molar-refractivity contribution in [3.8, 4) is 0 Å². The fourth-order valence-corrected chi connectivity index (χ4v) is 1.62. The van der Waals surface area contributed by atoms with Crippen molar-refractivity contribution in [2.45, 2.75) is 6.54 Å². The molecule has 1 aromatic heterocycles. The number of aliphatic hydroxyl groups is 1. The lowest BCUT2D eigenvalue weighted by atomic mass is 10.2. The first kappa shape index (κ1) is 12.7. The van der Waals surface area contributed by atoms with Gasteiger partial charge in [-0.05, 0) is 12.1 Å². The zero-order chi connectivity index (χ0) is 13.0. The van der Waals surface area contributed by atoms with Crippen molar-refractivity contribution in [1.29, 1.82) is 0 Å². The predicted octanol–water partition coefficient (Wildman–Crippen LogP) is 0.544. The van der Waals surface area contributed by atoms with Crippen LogP contribution in [0.1, 0.15) is 0 Å². The van der Waals surface area contributed by atoms with Crippen molar-refractivity contribution < 1.29 is 14.2 Å². The third kappa shape index (κ3) is 2.72. The summed E-state index contributed by atoms with van der Waals surface area (Å²) in [5.74, 6) is -0.418. The Morgan fingerprint density at radius 3 is 3.00 bits per heavy atom. The van der Waals surface area contributed by atoms with E-state index < -0.39 is 5.82 Å². The van der Waals surface area contributed by atoms with Crippen LogP contribution in [0.15, 0.2) is 29.3 Å². The van der Waals surface area contributed by atoms with E-state index in [1.165, 1.54) is 29.1 Å². The standard InChI is InChI=1S/C12H13FN2O3/c13-9-1-2-10-11(7-9)14-8-15(12(10)17)3-5-18-6-4-16/h1-2,7-8,16H,3-6H2. The molecule has 1 heterocycles. The van der Waals surface area contributed by atoms with Gasteiger partial charge in [0.25, 0.3) is 5.56 Å². The summed E-state index contributed by atoms with van der Waals surface area (Å²) in [6.45, 7) is 0.846. The van der Waals surface area contributed by atoms with Gasteiger partial charge in [0.1, 0.15) is 5.82 Å². The Bertz CT molecular complexity index is 597. The summed E-state index contributed by atoms with van der Waals surface area (Å²) >= 11 is 0. The predicted molar refractivity (Wildman–Crippen MR) is 63.9 cm³/mol. The quantitative estimate of drug-likeness (QED) is 0.789. The van der Waals surface area contributed by atoms with E-state index in [1.54, 1.807) is 0 Å². The lowest BCUT2D eigenvalue weighted by Gasteiger charge is -2.06. The van der Waals surface area contributed by atoms with Crippen molar-refractivity contribution in [2.24, 2.45) is 0 Å². The Morgan fingerprint density at radius 1 is 1.39 bits per heavy atom. The molecule has 0 atom stereocenters.